The second-order valence-electron chi connectivity index (χ2n) is 4.91. The summed E-state index contributed by atoms with van der Waals surface area (Å²) in [5, 5.41) is 0. The second kappa shape index (κ2) is 6.89. The summed E-state index contributed by atoms with van der Waals surface area (Å²) in [6, 6.07) is 0.472. The smallest absolute Gasteiger partial charge is 0.219 e. The fourth-order valence-corrected chi connectivity index (χ4v) is 2.37. The van der Waals surface area contributed by atoms with Gasteiger partial charge in [0.1, 0.15) is 0 Å². The summed E-state index contributed by atoms with van der Waals surface area (Å²) < 4.78 is 0. The van der Waals surface area contributed by atoms with Crippen LogP contribution in [0.2, 0.25) is 0 Å². The lowest BCUT2D eigenvalue weighted by atomic mass is 10.0. The summed E-state index contributed by atoms with van der Waals surface area (Å²) in [6.45, 7) is 7.46. The molecule has 16 heavy (non-hydrogen) atoms. The number of piperidine rings is 1. The van der Waals surface area contributed by atoms with Crippen molar-refractivity contribution in [3.63, 3.8) is 0 Å². The van der Waals surface area contributed by atoms with Crippen LogP contribution in [0, 0.1) is 0 Å². The van der Waals surface area contributed by atoms with Crippen LogP contribution in [0.1, 0.15) is 46.0 Å². The van der Waals surface area contributed by atoms with Crippen molar-refractivity contribution in [3.8, 4) is 0 Å². The fraction of sp³-hybridized carbons (Fsp3) is 0.923. The van der Waals surface area contributed by atoms with Gasteiger partial charge in [-0.15, -0.1) is 0 Å². The molecule has 0 bridgehead atoms. The Bertz CT molecular complexity index is 210. The van der Waals surface area contributed by atoms with Crippen LogP contribution in [0.3, 0.4) is 0 Å². The molecule has 0 spiro atoms. The monoisotopic (exact) mass is 226 g/mol. The van der Waals surface area contributed by atoms with Crippen molar-refractivity contribution in [1.29, 1.82) is 0 Å². The van der Waals surface area contributed by atoms with Crippen molar-refractivity contribution in [2.75, 3.05) is 26.7 Å². The highest BCUT2D eigenvalue weighted by molar-refractivity contribution is 5.73. The maximum Gasteiger partial charge on any atom is 0.219 e. The van der Waals surface area contributed by atoms with Crippen molar-refractivity contribution in [2.24, 2.45) is 0 Å². The number of amides is 1. The van der Waals surface area contributed by atoms with Crippen LogP contribution in [0.5, 0.6) is 0 Å². The lowest BCUT2D eigenvalue weighted by Crippen LogP contribution is -2.45. The molecule has 94 valence electrons. The number of likely N-dealkylation sites (tertiary alicyclic amines) is 1. The van der Waals surface area contributed by atoms with E-state index < -0.39 is 0 Å². The van der Waals surface area contributed by atoms with Gasteiger partial charge in [0.25, 0.3) is 0 Å². The van der Waals surface area contributed by atoms with E-state index in [-0.39, 0.29) is 5.91 Å². The first-order chi connectivity index (χ1) is 7.65. The van der Waals surface area contributed by atoms with Gasteiger partial charge in [-0.25, -0.2) is 0 Å². The fourth-order valence-electron chi connectivity index (χ4n) is 2.37. The number of nitrogens with zero attached hydrogens (tertiary/aromatic N) is 2. The Morgan fingerprint density at radius 3 is 2.44 bits per heavy atom. The average Bonchev–Trinajstić information content (AvgIpc) is 2.29. The number of hydrogen-bond acceptors (Lipinski definition) is 2. The van der Waals surface area contributed by atoms with Gasteiger partial charge >= 0.3 is 0 Å². The highest BCUT2D eigenvalue weighted by Gasteiger charge is 2.23. The third kappa shape index (κ3) is 4.12. The van der Waals surface area contributed by atoms with E-state index in [2.05, 4.69) is 11.8 Å². The Labute approximate surface area is 99.8 Å². The summed E-state index contributed by atoms with van der Waals surface area (Å²) in [4.78, 5) is 15.7. The highest BCUT2D eigenvalue weighted by Crippen LogP contribution is 2.16. The molecule has 0 aromatic rings. The minimum Gasteiger partial charge on any atom is -0.343 e. The molecule has 1 fully saturated rings. The molecule has 0 aromatic heterocycles. The SMILES string of the molecule is CCCCCN1CCC(N(C)C(C)=O)CC1. The summed E-state index contributed by atoms with van der Waals surface area (Å²) in [6.07, 6.45) is 6.24. The van der Waals surface area contributed by atoms with Crippen LogP contribution in [0.15, 0.2) is 0 Å². The molecule has 0 saturated carbocycles. The van der Waals surface area contributed by atoms with Crippen LogP contribution >= 0.6 is 0 Å². The highest BCUT2D eigenvalue weighted by atomic mass is 16.2. The van der Waals surface area contributed by atoms with Gasteiger partial charge in [-0.3, -0.25) is 4.79 Å². The molecule has 1 saturated heterocycles. The molecular formula is C13H26N2O. The quantitative estimate of drug-likeness (QED) is 0.670. The largest absolute Gasteiger partial charge is 0.343 e. The predicted octanol–water partition coefficient (Wildman–Crippen LogP) is 2.12. The van der Waals surface area contributed by atoms with E-state index in [4.69, 9.17) is 0 Å². The Kier molecular flexibility index (Phi) is 5.81. The maximum absolute atomic E-state index is 11.2. The molecule has 1 heterocycles. The second-order valence-corrected chi connectivity index (χ2v) is 4.91. The van der Waals surface area contributed by atoms with Crippen LogP contribution in [-0.2, 0) is 4.79 Å². The standard InChI is InChI=1S/C13H26N2O/c1-4-5-6-9-15-10-7-13(8-11-15)14(3)12(2)16/h13H,4-11H2,1-3H3. The van der Waals surface area contributed by atoms with E-state index in [1.165, 1.54) is 25.8 Å². The first kappa shape index (κ1) is 13.5. The van der Waals surface area contributed by atoms with E-state index in [0.29, 0.717) is 6.04 Å². The first-order valence-electron chi connectivity index (χ1n) is 6.61. The molecule has 0 aromatic carbocycles. The molecule has 1 rings (SSSR count). The Morgan fingerprint density at radius 2 is 1.94 bits per heavy atom. The van der Waals surface area contributed by atoms with Crippen molar-refractivity contribution in [3.05, 3.63) is 0 Å². The zero-order valence-corrected chi connectivity index (χ0v) is 11.0. The number of carbonyl (C=O) groups is 1. The Morgan fingerprint density at radius 1 is 1.31 bits per heavy atom. The van der Waals surface area contributed by atoms with Gasteiger partial charge < -0.3 is 9.80 Å². The van der Waals surface area contributed by atoms with Gasteiger partial charge in [-0.05, 0) is 25.8 Å². The van der Waals surface area contributed by atoms with Gasteiger partial charge in [0, 0.05) is 33.1 Å². The topological polar surface area (TPSA) is 23.6 Å². The van der Waals surface area contributed by atoms with Crippen molar-refractivity contribution >= 4 is 5.91 Å². The van der Waals surface area contributed by atoms with Gasteiger partial charge in [0.2, 0.25) is 5.91 Å². The van der Waals surface area contributed by atoms with E-state index in [1.807, 2.05) is 11.9 Å². The molecular weight excluding hydrogens is 200 g/mol. The molecule has 0 aliphatic carbocycles. The molecule has 0 radical (unpaired) electrons. The van der Waals surface area contributed by atoms with Crippen LogP contribution in [-0.4, -0.2) is 48.4 Å². The van der Waals surface area contributed by atoms with Crippen molar-refractivity contribution < 1.29 is 4.79 Å². The summed E-state index contributed by atoms with van der Waals surface area (Å²) in [7, 11) is 1.93. The number of unbranched alkanes of at least 4 members (excludes halogenated alkanes) is 2. The third-order valence-corrected chi connectivity index (χ3v) is 3.68. The Hall–Kier alpha value is -0.570. The van der Waals surface area contributed by atoms with Gasteiger partial charge in [0.15, 0.2) is 0 Å². The summed E-state index contributed by atoms with van der Waals surface area (Å²) in [5.74, 6) is 0.199. The molecule has 0 unspecified atom stereocenters. The minimum atomic E-state index is 0.199. The van der Waals surface area contributed by atoms with Gasteiger partial charge in [-0.2, -0.15) is 0 Å². The molecule has 0 N–H and O–H groups in total. The molecule has 3 heteroatoms. The third-order valence-electron chi connectivity index (χ3n) is 3.68. The molecule has 3 nitrogen and oxygen atoms in total. The maximum atomic E-state index is 11.2. The van der Waals surface area contributed by atoms with Gasteiger partial charge in [0.05, 0.1) is 0 Å². The molecule has 1 aliphatic heterocycles. The molecule has 1 amide bonds. The van der Waals surface area contributed by atoms with E-state index in [9.17, 15) is 4.79 Å². The van der Waals surface area contributed by atoms with Crippen LogP contribution in [0.25, 0.3) is 0 Å². The van der Waals surface area contributed by atoms with Crippen LogP contribution < -0.4 is 0 Å². The molecule has 0 atom stereocenters. The number of rotatable bonds is 5. The minimum absolute atomic E-state index is 0.199. The zero-order valence-electron chi connectivity index (χ0n) is 11.0. The lowest BCUT2D eigenvalue weighted by molar-refractivity contribution is -0.130. The summed E-state index contributed by atoms with van der Waals surface area (Å²) >= 11 is 0. The van der Waals surface area contributed by atoms with Crippen molar-refractivity contribution in [1.82, 2.24) is 9.80 Å². The van der Waals surface area contributed by atoms with E-state index in [1.54, 1.807) is 6.92 Å². The zero-order chi connectivity index (χ0) is 12.0. The average molecular weight is 226 g/mol. The number of hydrogen-bond donors (Lipinski definition) is 0. The number of carbonyl (C=O) groups excluding carboxylic acids is 1. The van der Waals surface area contributed by atoms with E-state index >= 15 is 0 Å². The van der Waals surface area contributed by atoms with Crippen molar-refractivity contribution in [2.45, 2.75) is 52.0 Å². The predicted molar refractivity (Wildman–Crippen MR) is 67.4 cm³/mol. The summed E-state index contributed by atoms with van der Waals surface area (Å²) in [5.41, 5.74) is 0. The normalized spacial score (nSPS) is 18.7. The lowest BCUT2D eigenvalue weighted by Gasteiger charge is -2.36. The van der Waals surface area contributed by atoms with Crippen LogP contribution in [0.4, 0.5) is 0 Å². The molecule has 1 aliphatic rings. The Balaban J connectivity index is 2.20. The first-order valence-corrected chi connectivity index (χ1v) is 6.61. The van der Waals surface area contributed by atoms with Gasteiger partial charge in [-0.1, -0.05) is 19.8 Å². The van der Waals surface area contributed by atoms with E-state index in [0.717, 1.165) is 25.9 Å².